The van der Waals surface area contributed by atoms with Crippen LogP contribution in [0, 0.1) is 12.7 Å². The lowest BCUT2D eigenvalue weighted by Crippen LogP contribution is -2.17. The van der Waals surface area contributed by atoms with E-state index in [2.05, 4.69) is 20.6 Å². The Kier molecular flexibility index (Phi) is 6.08. The third-order valence-electron chi connectivity index (χ3n) is 5.95. The number of carbonyl (C=O) groups excluding carboxylic acids is 1. The lowest BCUT2D eigenvalue weighted by molar-refractivity contribution is -0.115. The third-order valence-corrected chi connectivity index (χ3v) is 5.95. The van der Waals surface area contributed by atoms with Gasteiger partial charge in [-0.15, -0.1) is 0 Å². The summed E-state index contributed by atoms with van der Waals surface area (Å²) < 4.78 is 14.7. The number of halogens is 1. The van der Waals surface area contributed by atoms with Gasteiger partial charge in [-0.3, -0.25) is 9.59 Å². The highest BCUT2D eigenvalue weighted by Gasteiger charge is 2.19. The molecule has 3 N–H and O–H groups in total. The molecule has 0 saturated carbocycles. The average Bonchev–Trinajstić information content (AvgIpc) is 3.25. The molecule has 0 aliphatic carbocycles. The minimum Gasteiger partial charge on any atom is -0.353 e. The SMILES string of the molecule is Cc1cn(C)c(=O)c2c(Nc3ccccc3)c(-c3ccnc(NC(=O)Cc4ccc(F)cc4)c3)[nH]c12. The molecule has 0 aliphatic heterocycles. The molecule has 3 heterocycles. The van der Waals surface area contributed by atoms with Gasteiger partial charge in [0.1, 0.15) is 11.6 Å². The minimum atomic E-state index is -0.350. The van der Waals surface area contributed by atoms with Crippen LogP contribution < -0.4 is 16.2 Å². The number of nitrogens with zero attached hydrogens (tertiary/aromatic N) is 2. The van der Waals surface area contributed by atoms with Crippen LogP contribution in [0.5, 0.6) is 0 Å². The number of aromatic amines is 1. The van der Waals surface area contributed by atoms with Crippen molar-refractivity contribution in [3.8, 4) is 11.3 Å². The topological polar surface area (TPSA) is 91.8 Å². The smallest absolute Gasteiger partial charge is 0.261 e. The molecule has 0 fully saturated rings. The average molecular weight is 482 g/mol. The number of para-hydroxylation sites is 1. The van der Waals surface area contributed by atoms with Gasteiger partial charge in [0.25, 0.3) is 5.56 Å². The molecule has 0 aliphatic rings. The lowest BCUT2D eigenvalue weighted by atomic mass is 10.1. The largest absolute Gasteiger partial charge is 0.353 e. The van der Waals surface area contributed by atoms with Gasteiger partial charge in [0, 0.05) is 30.7 Å². The van der Waals surface area contributed by atoms with Crippen molar-refractivity contribution in [2.45, 2.75) is 13.3 Å². The van der Waals surface area contributed by atoms with Crippen molar-refractivity contribution in [2.75, 3.05) is 10.6 Å². The summed E-state index contributed by atoms with van der Waals surface area (Å²) in [6.45, 7) is 1.95. The molecule has 0 saturated heterocycles. The van der Waals surface area contributed by atoms with Crippen LogP contribution in [0.2, 0.25) is 0 Å². The maximum atomic E-state index is 13.2. The first kappa shape index (κ1) is 23.0. The number of amides is 1. The van der Waals surface area contributed by atoms with Gasteiger partial charge in [-0.25, -0.2) is 9.37 Å². The van der Waals surface area contributed by atoms with Crippen LogP contribution >= 0.6 is 0 Å². The van der Waals surface area contributed by atoms with Crippen molar-refractivity contribution in [3.63, 3.8) is 0 Å². The molecule has 36 heavy (non-hydrogen) atoms. The molecule has 0 atom stereocenters. The van der Waals surface area contributed by atoms with E-state index >= 15 is 0 Å². The number of anilines is 3. The number of hydrogen-bond acceptors (Lipinski definition) is 4. The third kappa shape index (κ3) is 4.61. The summed E-state index contributed by atoms with van der Waals surface area (Å²) in [6, 6.07) is 19.0. The summed E-state index contributed by atoms with van der Waals surface area (Å²) in [7, 11) is 1.73. The zero-order valence-electron chi connectivity index (χ0n) is 19.8. The molecule has 5 rings (SSSR count). The molecule has 5 aromatic rings. The minimum absolute atomic E-state index is 0.0919. The van der Waals surface area contributed by atoms with Crippen molar-refractivity contribution in [3.05, 3.63) is 106 Å². The zero-order chi connectivity index (χ0) is 25.2. The van der Waals surface area contributed by atoms with Crippen molar-refractivity contribution in [1.82, 2.24) is 14.5 Å². The summed E-state index contributed by atoms with van der Waals surface area (Å²) >= 11 is 0. The predicted molar refractivity (Wildman–Crippen MR) is 140 cm³/mol. The van der Waals surface area contributed by atoms with E-state index in [9.17, 15) is 14.0 Å². The lowest BCUT2D eigenvalue weighted by Gasteiger charge is -2.10. The summed E-state index contributed by atoms with van der Waals surface area (Å²) in [5.41, 5.74) is 5.18. The number of hydrogen-bond donors (Lipinski definition) is 3. The molecule has 0 spiro atoms. The Morgan fingerprint density at radius 1 is 1.08 bits per heavy atom. The van der Waals surface area contributed by atoms with E-state index in [0.29, 0.717) is 28.1 Å². The molecule has 2 aromatic carbocycles. The van der Waals surface area contributed by atoms with Crippen LogP contribution in [0.15, 0.2) is 83.9 Å². The highest BCUT2D eigenvalue weighted by molar-refractivity contribution is 6.03. The number of carbonyl (C=O) groups is 1. The van der Waals surface area contributed by atoms with E-state index in [4.69, 9.17) is 0 Å². The van der Waals surface area contributed by atoms with Gasteiger partial charge < -0.3 is 20.2 Å². The van der Waals surface area contributed by atoms with Gasteiger partial charge in [0.15, 0.2) is 0 Å². The molecule has 0 unspecified atom stereocenters. The maximum Gasteiger partial charge on any atom is 0.261 e. The standard InChI is InChI=1S/C28H24FN5O2/c1-17-16-34(2)28(36)24-25(17)33-26(27(24)31-21-6-4-3-5-7-21)19-12-13-30-22(15-19)32-23(35)14-18-8-10-20(29)11-9-18/h3-13,15-16,31,33H,14H2,1-2H3,(H,30,32,35). The van der Waals surface area contributed by atoms with Gasteiger partial charge in [-0.05, 0) is 54.4 Å². The second kappa shape index (κ2) is 9.50. The van der Waals surface area contributed by atoms with E-state index in [1.165, 1.54) is 12.1 Å². The molecule has 8 heteroatoms. The first-order chi connectivity index (χ1) is 17.4. The Labute approximate surface area is 206 Å². The second-order valence-corrected chi connectivity index (χ2v) is 8.63. The summed E-state index contributed by atoms with van der Waals surface area (Å²) in [5, 5.41) is 6.76. The van der Waals surface area contributed by atoms with Crippen molar-refractivity contribution < 1.29 is 9.18 Å². The van der Waals surface area contributed by atoms with Crippen LogP contribution in [-0.2, 0) is 18.3 Å². The highest BCUT2D eigenvalue weighted by atomic mass is 19.1. The second-order valence-electron chi connectivity index (χ2n) is 8.63. The first-order valence-corrected chi connectivity index (χ1v) is 11.4. The number of rotatable bonds is 6. The summed E-state index contributed by atoms with van der Waals surface area (Å²) in [5.74, 6) is -0.249. The number of pyridine rings is 2. The number of aromatic nitrogens is 3. The summed E-state index contributed by atoms with van der Waals surface area (Å²) in [6.07, 6.45) is 3.49. The van der Waals surface area contributed by atoms with Crippen LogP contribution in [0.25, 0.3) is 22.2 Å². The van der Waals surface area contributed by atoms with Gasteiger partial charge >= 0.3 is 0 Å². The van der Waals surface area contributed by atoms with E-state index in [0.717, 1.165) is 22.3 Å². The van der Waals surface area contributed by atoms with Crippen LogP contribution in [-0.4, -0.2) is 20.4 Å². The maximum absolute atomic E-state index is 13.2. The molecule has 3 aromatic heterocycles. The predicted octanol–water partition coefficient (Wildman–Crippen LogP) is 5.30. The van der Waals surface area contributed by atoms with E-state index in [-0.39, 0.29) is 23.7 Å². The van der Waals surface area contributed by atoms with Crippen LogP contribution in [0.4, 0.5) is 21.6 Å². The molecule has 0 radical (unpaired) electrons. The van der Waals surface area contributed by atoms with Gasteiger partial charge in [0.05, 0.1) is 28.7 Å². The fourth-order valence-corrected chi connectivity index (χ4v) is 4.24. The number of fused-ring (bicyclic) bond motifs is 1. The number of aryl methyl sites for hydroxylation is 2. The van der Waals surface area contributed by atoms with E-state index < -0.39 is 0 Å². The van der Waals surface area contributed by atoms with Gasteiger partial charge in [-0.1, -0.05) is 30.3 Å². The van der Waals surface area contributed by atoms with Crippen molar-refractivity contribution in [2.24, 2.45) is 7.05 Å². The number of benzene rings is 2. The molecule has 1 amide bonds. The Hall–Kier alpha value is -4.72. The highest BCUT2D eigenvalue weighted by Crippen LogP contribution is 2.36. The number of H-pyrrole nitrogens is 1. The molecule has 180 valence electrons. The molecule has 0 bridgehead atoms. The van der Waals surface area contributed by atoms with Crippen LogP contribution in [0.3, 0.4) is 0 Å². The van der Waals surface area contributed by atoms with E-state index in [1.807, 2.05) is 43.3 Å². The number of nitrogens with one attached hydrogen (secondary N) is 3. The Morgan fingerprint density at radius 3 is 2.58 bits per heavy atom. The fourth-order valence-electron chi connectivity index (χ4n) is 4.24. The van der Waals surface area contributed by atoms with Crippen molar-refractivity contribution in [1.29, 1.82) is 0 Å². The Morgan fingerprint density at radius 2 is 1.83 bits per heavy atom. The quantitative estimate of drug-likeness (QED) is 0.307. The van der Waals surface area contributed by atoms with Gasteiger partial charge in [-0.2, -0.15) is 0 Å². The monoisotopic (exact) mass is 481 g/mol. The Bertz CT molecular complexity index is 1620. The summed E-state index contributed by atoms with van der Waals surface area (Å²) in [4.78, 5) is 33.4. The Balaban J connectivity index is 1.53. The zero-order valence-corrected chi connectivity index (χ0v) is 19.8. The first-order valence-electron chi connectivity index (χ1n) is 11.4. The normalized spacial score (nSPS) is 11.0. The van der Waals surface area contributed by atoms with E-state index in [1.54, 1.807) is 42.2 Å². The molecule has 7 nitrogen and oxygen atoms in total. The van der Waals surface area contributed by atoms with Crippen molar-refractivity contribution >= 4 is 34.0 Å². The molecular weight excluding hydrogens is 457 g/mol. The van der Waals surface area contributed by atoms with Gasteiger partial charge in [0.2, 0.25) is 5.91 Å². The molecular formula is C28H24FN5O2. The van der Waals surface area contributed by atoms with Crippen LogP contribution in [0.1, 0.15) is 11.1 Å². The fraction of sp³-hybridized carbons (Fsp3) is 0.107.